The lowest BCUT2D eigenvalue weighted by Crippen LogP contribution is -1.93. The smallest absolute Gasteiger partial charge is 0.125 e. The van der Waals surface area contributed by atoms with Crippen molar-refractivity contribution in [3.8, 4) is 5.69 Å². The number of hydrogen-bond acceptors (Lipinski definition) is 0. The first kappa shape index (κ1) is 10.4. The Hall–Kier alpha value is -1.80. The molecule has 0 bridgehead atoms. The third kappa shape index (κ3) is 1.71. The summed E-state index contributed by atoms with van der Waals surface area (Å²) in [6.45, 7) is 0. The Labute approximate surface area is 103 Å². The Balaban J connectivity index is 2.33. The molecule has 0 saturated heterocycles. The minimum Gasteiger partial charge on any atom is -0.300 e. The highest BCUT2D eigenvalue weighted by molar-refractivity contribution is 6.31. The van der Waals surface area contributed by atoms with Gasteiger partial charge in [0.1, 0.15) is 11.0 Å². The highest BCUT2D eigenvalue weighted by Crippen LogP contribution is 2.27. The molecule has 1 heterocycles. The van der Waals surface area contributed by atoms with Gasteiger partial charge in [0.2, 0.25) is 0 Å². The van der Waals surface area contributed by atoms with Crippen LogP contribution in [0.2, 0.25) is 5.15 Å². The van der Waals surface area contributed by atoms with Gasteiger partial charge in [-0.25, -0.2) is 4.39 Å². The van der Waals surface area contributed by atoms with Crippen LogP contribution >= 0.6 is 11.6 Å². The molecule has 2 aromatic carbocycles. The van der Waals surface area contributed by atoms with Crippen molar-refractivity contribution in [1.82, 2.24) is 4.57 Å². The number of halogens is 2. The molecule has 0 aliphatic heterocycles. The molecule has 1 aromatic heterocycles. The molecule has 3 rings (SSSR count). The lowest BCUT2D eigenvalue weighted by Gasteiger charge is -2.06. The van der Waals surface area contributed by atoms with Gasteiger partial charge >= 0.3 is 0 Å². The number of hydrogen-bond donors (Lipinski definition) is 0. The first-order valence-corrected chi connectivity index (χ1v) is 5.65. The summed E-state index contributed by atoms with van der Waals surface area (Å²) in [6.07, 6.45) is 0. The fourth-order valence-corrected chi connectivity index (χ4v) is 2.30. The molecule has 1 nitrogen and oxygen atoms in total. The molecule has 3 aromatic rings. The molecule has 0 saturated carbocycles. The van der Waals surface area contributed by atoms with Crippen molar-refractivity contribution in [1.29, 1.82) is 0 Å². The van der Waals surface area contributed by atoms with Crippen LogP contribution < -0.4 is 0 Å². The molecule has 0 fully saturated rings. The second-order valence-corrected chi connectivity index (χ2v) is 4.23. The Kier molecular flexibility index (Phi) is 2.37. The van der Waals surface area contributed by atoms with Crippen molar-refractivity contribution in [3.63, 3.8) is 0 Å². The minimum absolute atomic E-state index is 0.267. The van der Waals surface area contributed by atoms with Crippen molar-refractivity contribution in [2.75, 3.05) is 0 Å². The SMILES string of the molecule is Fc1cccc(-n2c(Cl)cc3ccccc32)c1. The zero-order valence-corrected chi connectivity index (χ0v) is 9.66. The number of aromatic nitrogens is 1. The van der Waals surface area contributed by atoms with Crippen LogP contribution in [-0.2, 0) is 0 Å². The van der Waals surface area contributed by atoms with Crippen molar-refractivity contribution in [2.24, 2.45) is 0 Å². The van der Waals surface area contributed by atoms with Crippen LogP contribution in [0.1, 0.15) is 0 Å². The molecular formula is C14H9ClFN. The van der Waals surface area contributed by atoms with E-state index in [0.717, 1.165) is 16.6 Å². The zero-order valence-electron chi connectivity index (χ0n) is 8.90. The maximum absolute atomic E-state index is 13.2. The molecule has 0 N–H and O–H groups in total. The molecular weight excluding hydrogens is 237 g/mol. The van der Waals surface area contributed by atoms with E-state index in [4.69, 9.17) is 11.6 Å². The molecule has 0 aliphatic rings. The van der Waals surface area contributed by atoms with Gasteiger partial charge in [0.15, 0.2) is 0 Å². The van der Waals surface area contributed by atoms with Gasteiger partial charge in [-0.3, -0.25) is 0 Å². The number of para-hydroxylation sites is 1. The van der Waals surface area contributed by atoms with E-state index in [1.807, 2.05) is 41.0 Å². The molecule has 0 unspecified atom stereocenters. The fourth-order valence-electron chi connectivity index (χ4n) is 2.00. The van der Waals surface area contributed by atoms with Gasteiger partial charge in [-0.1, -0.05) is 35.9 Å². The van der Waals surface area contributed by atoms with E-state index in [0.29, 0.717) is 5.15 Å². The van der Waals surface area contributed by atoms with Gasteiger partial charge in [0, 0.05) is 11.1 Å². The molecule has 84 valence electrons. The van der Waals surface area contributed by atoms with Crippen LogP contribution in [0, 0.1) is 5.82 Å². The second kappa shape index (κ2) is 3.90. The molecule has 0 spiro atoms. The largest absolute Gasteiger partial charge is 0.300 e. The van der Waals surface area contributed by atoms with Gasteiger partial charge < -0.3 is 4.57 Å². The molecule has 3 heteroatoms. The second-order valence-electron chi connectivity index (χ2n) is 3.84. The lowest BCUT2D eigenvalue weighted by molar-refractivity contribution is 0.627. The van der Waals surface area contributed by atoms with E-state index < -0.39 is 0 Å². The van der Waals surface area contributed by atoms with Crippen LogP contribution in [0.3, 0.4) is 0 Å². The predicted molar refractivity (Wildman–Crippen MR) is 68.2 cm³/mol. The summed E-state index contributed by atoms with van der Waals surface area (Å²) in [6, 6.07) is 16.1. The maximum atomic E-state index is 13.2. The minimum atomic E-state index is -0.267. The standard InChI is InChI=1S/C14H9ClFN/c15-14-8-10-4-1-2-7-13(10)17(14)12-6-3-5-11(16)9-12/h1-9H. The average Bonchev–Trinajstić information content (AvgIpc) is 2.64. The Bertz CT molecular complexity index is 688. The summed E-state index contributed by atoms with van der Waals surface area (Å²) in [7, 11) is 0. The number of rotatable bonds is 1. The van der Waals surface area contributed by atoms with Gasteiger partial charge in [-0.05, 0) is 30.3 Å². The summed E-state index contributed by atoms with van der Waals surface area (Å²) in [5.74, 6) is -0.267. The van der Waals surface area contributed by atoms with E-state index in [2.05, 4.69) is 0 Å². The molecule has 0 amide bonds. The van der Waals surface area contributed by atoms with E-state index in [1.54, 1.807) is 6.07 Å². The van der Waals surface area contributed by atoms with E-state index >= 15 is 0 Å². The van der Waals surface area contributed by atoms with Crippen molar-refractivity contribution >= 4 is 22.5 Å². The van der Waals surface area contributed by atoms with Crippen LogP contribution in [0.4, 0.5) is 4.39 Å². The summed E-state index contributed by atoms with van der Waals surface area (Å²) in [5, 5.41) is 1.62. The maximum Gasteiger partial charge on any atom is 0.125 e. The normalized spacial score (nSPS) is 10.9. The van der Waals surface area contributed by atoms with Crippen LogP contribution in [0.5, 0.6) is 0 Å². The van der Waals surface area contributed by atoms with Crippen LogP contribution in [-0.4, -0.2) is 4.57 Å². The molecule has 17 heavy (non-hydrogen) atoms. The van der Waals surface area contributed by atoms with Gasteiger partial charge in [-0.2, -0.15) is 0 Å². The van der Waals surface area contributed by atoms with Crippen molar-refractivity contribution < 1.29 is 4.39 Å². The fraction of sp³-hybridized carbons (Fsp3) is 0. The van der Waals surface area contributed by atoms with Crippen LogP contribution in [0.25, 0.3) is 16.6 Å². The monoisotopic (exact) mass is 245 g/mol. The quantitative estimate of drug-likeness (QED) is 0.598. The zero-order chi connectivity index (χ0) is 11.8. The summed E-state index contributed by atoms with van der Waals surface area (Å²) >= 11 is 6.20. The number of nitrogens with zero attached hydrogens (tertiary/aromatic N) is 1. The van der Waals surface area contributed by atoms with Gasteiger partial charge in [0.05, 0.1) is 5.52 Å². The van der Waals surface area contributed by atoms with Gasteiger partial charge in [0.25, 0.3) is 0 Å². The third-order valence-electron chi connectivity index (χ3n) is 2.73. The average molecular weight is 246 g/mol. The number of benzene rings is 2. The highest BCUT2D eigenvalue weighted by atomic mass is 35.5. The van der Waals surface area contributed by atoms with Crippen LogP contribution in [0.15, 0.2) is 54.6 Å². The third-order valence-corrected chi connectivity index (χ3v) is 3.01. The van der Waals surface area contributed by atoms with Crippen molar-refractivity contribution in [2.45, 2.75) is 0 Å². The molecule has 0 atom stereocenters. The summed E-state index contributed by atoms with van der Waals surface area (Å²) < 4.78 is 15.1. The Morgan fingerprint density at radius 2 is 1.76 bits per heavy atom. The van der Waals surface area contributed by atoms with Gasteiger partial charge in [-0.15, -0.1) is 0 Å². The summed E-state index contributed by atoms with van der Waals surface area (Å²) in [5.41, 5.74) is 1.71. The molecule has 0 aliphatic carbocycles. The van der Waals surface area contributed by atoms with E-state index in [1.165, 1.54) is 12.1 Å². The first-order chi connectivity index (χ1) is 8.25. The first-order valence-electron chi connectivity index (χ1n) is 5.27. The topological polar surface area (TPSA) is 4.93 Å². The number of fused-ring (bicyclic) bond motifs is 1. The lowest BCUT2D eigenvalue weighted by atomic mass is 10.2. The Morgan fingerprint density at radius 3 is 2.59 bits per heavy atom. The Morgan fingerprint density at radius 1 is 0.941 bits per heavy atom. The summed E-state index contributed by atoms with van der Waals surface area (Å²) in [4.78, 5) is 0. The van der Waals surface area contributed by atoms with Crippen molar-refractivity contribution in [3.05, 3.63) is 65.6 Å². The van der Waals surface area contributed by atoms with E-state index in [-0.39, 0.29) is 5.82 Å². The highest BCUT2D eigenvalue weighted by Gasteiger charge is 2.08. The van der Waals surface area contributed by atoms with E-state index in [9.17, 15) is 4.39 Å². The predicted octanol–water partition coefficient (Wildman–Crippen LogP) is 4.42. The molecule has 0 radical (unpaired) electrons.